The van der Waals surface area contributed by atoms with Crippen LogP contribution in [0.4, 0.5) is 0 Å². The lowest BCUT2D eigenvalue weighted by atomic mass is 9.91. The summed E-state index contributed by atoms with van der Waals surface area (Å²) in [4.78, 5) is 272. The predicted molar refractivity (Wildman–Crippen MR) is 464 cm³/mol. The first kappa shape index (κ1) is 110. The van der Waals surface area contributed by atoms with Crippen LogP contribution in [0.25, 0.3) is 0 Å². The number of carbonyl (C=O) groups is 19. The topological polar surface area (TPSA) is 589 Å². The van der Waals surface area contributed by atoms with Crippen LogP contribution in [0.15, 0.2) is 24.3 Å². The van der Waals surface area contributed by atoms with Gasteiger partial charge in [-0.1, -0.05) is 113 Å². The number of hydrogen-bond donors (Lipinski definition) is 13. The summed E-state index contributed by atoms with van der Waals surface area (Å²) in [6.07, 6.45) is -7.31. The largest absolute Gasteiger partial charge is 0.497 e. The molecule has 3 fully saturated rings. The van der Waals surface area contributed by atoms with Crippen LogP contribution in [-0.4, -0.2) is 280 Å². The number of primary amides is 3. The average molecular weight is 1810 g/mol. The summed E-state index contributed by atoms with van der Waals surface area (Å²) in [5.41, 5.74) is 16.9. The van der Waals surface area contributed by atoms with Crippen LogP contribution in [0.2, 0.25) is 0 Å². The Kier molecular flexibility index (Phi) is 46.1. The van der Waals surface area contributed by atoms with Crippen molar-refractivity contribution in [3.8, 4) is 5.75 Å². The normalized spacial score (nSPS) is 22.5. The molecule has 0 radical (unpaired) electrons. The molecule has 4 rings (SSSR count). The van der Waals surface area contributed by atoms with Gasteiger partial charge in [0.25, 0.3) is 5.91 Å². The number of hydrogen-bond acceptors (Lipinski definition) is 26. The first-order chi connectivity index (χ1) is 60.2. The van der Waals surface area contributed by atoms with Gasteiger partial charge in [-0.2, -0.15) is 0 Å². The number of amides is 15. The van der Waals surface area contributed by atoms with E-state index in [4.69, 9.17) is 36.1 Å². The second kappa shape index (κ2) is 53.9. The van der Waals surface area contributed by atoms with Gasteiger partial charge in [0.2, 0.25) is 82.7 Å². The van der Waals surface area contributed by atoms with Crippen molar-refractivity contribution in [3.05, 3.63) is 29.8 Å². The number of benzene rings is 1. The molecule has 0 aliphatic carbocycles. The highest BCUT2D eigenvalue weighted by Crippen LogP contribution is 2.29. The predicted octanol–water partition coefficient (Wildman–Crippen LogP) is 0.241. The number of cyclic esters (lactones) is 2. The molecular weight excluding hydrogens is 1670 g/mol. The number of esters is 3. The fourth-order valence-corrected chi connectivity index (χ4v) is 15.5. The highest BCUT2D eigenvalue weighted by molar-refractivity contribution is 6.05. The zero-order valence-corrected chi connectivity index (χ0v) is 77.1. The number of likely N-dealkylation sites (N-methyl/N-ethyl adjacent to an activating group) is 3. The number of nitrogens with zero attached hydrogens (tertiary/aromatic N) is 4. The quantitative estimate of drug-likeness (QED) is 0.0180. The summed E-state index contributed by atoms with van der Waals surface area (Å²) in [6, 6.07) is -10.1. The number of nitrogens with one attached hydrogen (secondary N) is 8. The number of methoxy groups -OCH3 is 1. The van der Waals surface area contributed by atoms with E-state index in [2.05, 4.69) is 49.5 Å². The van der Waals surface area contributed by atoms with E-state index >= 15 is 24.0 Å². The van der Waals surface area contributed by atoms with Gasteiger partial charge < -0.3 is 103 Å². The highest BCUT2D eigenvalue weighted by atomic mass is 16.6. The molecule has 40 heteroatoms. The summed E-state index contributed by atoms with van der Waals surface area (Å²) in [5, 5.41) is 42.7. The van der Waals surface area contributed by atoms with Gasteiger partial charge in [-0.05, 0) is 140 Å². The van der Waals surface area contributed by atoms with Crippen molar-refractivity contribution in [2.75, 3.05) is 41.3 Å². The fourth-order valence-electron chi connectivity index (χ4n) is 15.5. The third-order valence-corrected chi connectivity index (χ3v) is 23.3. The van der Waals surface area contributed by atoms with Crippen LogP contribution < -0.4 is 64.5 Å². The molecule has 718 valence electrons. The summed E-state index contributed by atoms with van der Waals surface area (Å²) >= 11 is 0. The lowest BCUT2D eigenvalue weighted by Gasteiger charge is -2.36. The molecule has 0 spiro atoms. The molecule has 15 amide bonds. The molecule has 1 aromatic carbocycles. The molecular formula is C88H141N15O25. The third-order valence-electron chi connectivity index (χ3n) is 23.3. The van der Waals surface area contributed by atoms with Gasteiger partial charge in [-0.15, -0.1) is 0 Å². The van der Waals surface area contributed by atoms with Crippen molar-refractivity contribution in [2.45, 2.75) is 334 Å². The maximum atomic E-state index is 15.5. The molecule has 0 bridgehead atoms. The van der Waals surface area contributed by atoms with E-state index < -0.39 is 278 Å². The van der Waals surface area contributed by atoms with E-state index in [9.17, 15) is 77.3 Å². The molecule has 3 aliphatic heterocycles. The van der Waals surface area contributed by atoms with Gasteiger partial charge >= 0.3 is 17.9 Å². The van der Waals surface area contributed by atoms with Crippen molar-refractivity contribution in [1.82, 2.24) is 62.1 Å². The van der Waals surface area contributed by atoms with E-state index in [1.807, 2.05) is 13.8 Å². The van der Waals surface area contributed by atoms with Crippen molar-refractivity contribution in [2.24, 2.45) is 46.8 Å². The van der Waals surface area contributed by atoms with E-state index in [0.29, 0.717) is 30.6 Å². The number of aliphatic hydroxyl groups excluding tert-OH is 2. The number of aliphatic hydroxyl groups is 2. The number of likely N-dealkylation sites (tertiary alicyclic amines) is 1. The van der Waals surface area contributed by atoms with Crippen LogP contribution in [0.5, 0.6) is 5.75 Å². The fraction of sp³-hybridized carbons (Fsp3) is 0.716. The molecule has 18 unspecified atom stereocenters. The molecule has 3 heterocycles. The molecule has 1 aromatic rings. The third kappa shape index (κ3) is 34.7. The van der Waals surface area contributed by atoms with E-state index in [1.54, 1.807) is 65.8 Å². The second-order valence-electron chi connectivity index (χ2n) is 35.0. The number of ketones is 1. The average Bonchev–Trinajstić information content (AvgIpc) is 1.53. The maximum Gasteiger partial charge on any atom is 0.329 e. The lowest BCUT2D eigenvalue weighted by molar-refractivity contribution is -0.163. The standard InChI is InChI=1S/C88H141N15O25/c1-17-19-20-21-22-25-55(104)45-71(110)97-70(109)39-35-57(92-13)78(114)93-58(32-36-67(89)106)79(115)94-59(33-37-68(90)107)80(116)95-60(34-38-69(91)108)87(123)127-53(12)83(119)102-40-23-26-62(102)85(121)100(14)64(43-48(5)6)81(117)99-74-52(11)126-88(124)65(44-54-28-30-56(125-16)31-29-54)101(15)86(122)63-27-24-41-103(63)84(120)61(42-47(3)4)96-77(113)51(10)75(112)76(49(7)8)128-72(111)46-66(105)73(50(9)18-2)98-82(74)118/h28-31,47-53,55,57-66,73-74,76,92,104-105H,17-27,32-46H2,1-16H3,(H2,89,106)(H2,90,107)(H2,91,108)(H,93,114)(H,94,115)(H,95,116)(H,96,113)(H,98,118)(H,99,117)(H,97,109,110). The van der Waals surface area contributed by atoms with E-state index in [1.165, 1.54) is 47.0 Å². The number of imide groups is 1. The maximum absolute atomic E-state index is 15.5. The smallest absolute Gasteiger partial charge is 0.329 e. The lowest BCUT2D eigenvalue weighted by Crippen LogP contribution is -2.62. The van der Waals surface area contributed by atoms with Crippen molar-refractivity contribution >= 4 is 112 Å². The van der Waals surface area contributed by atoms with Crippen molar-refractivity contribution < 1.29 is 120 Å². The Bertz CT molecular complexity index is 4000. The Morgan fingerprint density at radius 3 is 1.77 bits per heavy atom. The zero-order valence-electron chi connectivity index (χ0n) is 77.1. The van der Waals surface area contributed by atoms with Crippen molar-refractivity contribution in [3.63, 3.8) is 0 Å². The van der Waals surface area contributed by atoms with Crippen molar-refractivity contribution in [1.29, 1.82) is 0 Å². The molecule has 3 aliphatic rings. The van der Waals surface area contributed by atoms with E-state index in [0.717, 1.165) is 47.3 Å². The number of rotatable bonds is 44. The zero-order chi connectivity index (χ0) is 96.3. The monoisotopic (exact) mass is 1810 g/mol. The molecule has 40 nitrogen and oxygen atoms in total. The van der Waals surface area contributed by atoms with Crippen LogP contribution in [0, 0.1) is 29.6 Å². The second-order valence-corrected chi connectivity index (χ2v) is 35.0. The van der Waals surface area contributed by atoms with Crippen LogP contribution in [-0.2, 0) is 112 Å². The van der Waals surface area contributed by atoms with Crippen LogP contribution >= 0.6 is 0 Å². The molecule has 0 saturated carbocycles. The first-order valence-electron chi connectivity index (χ1n) is 44.6. The van der Waals surface area contributed by atoms with Crippen LogP contribution in [0.3, 0.4) is 0 Å². The minimum absolute atomic E-state index is 0.0173. The number of Topliss-reactive ketones (excluding diaryl/α,β-unsaturated/α-hetero) is 1. The SMILES string of the molecule is CCCCCCCC(O)CC(=O)NC(=O)CCC(NC)C(=O)NC(CCC(N)=O)C(=O)NC(CCC(N)=O)C(=O)NC(CCC(N)=O)C(=O)OC(C)C(=O)N1CCCC1C(=O)N(C)C(CC(C)C)C(=O)NC1C(=O)NC(C(C)CC)C(O)CC(=O)OC(C(C)C)C(=O)C(C)C(=O)NC(CC(C)C)C(=O)N2CCCC2C(=O)N(C)C(Cc2ccc(OC)cc2)C(=O)OC1C. The van der Waals surface area contributed by atoms with Gasteiger partial charge in [0.05, 0.1) is 50.2 Å². The molecule has 18 atom stereocenters. The Morgan fingerprint density at radius 1 is 0.664 bits per heavy atom. The minimum Gasteiger partial charge on any atom is -0.497 e. The van der Waals surface area contributed by atoms with Gasteiger partial charge in [-0.25, -0.2) is 9.59 Å². The number of carbonyl (C=O) groups excluding carboxylic acids is 19. The minimum atomic E-state index is -1.95. The Balaban J connectivity index is 1.70. The van der Waals surface area contributed by atoms with E-state index in [-0.39, 0.29) is 83.2 Å². The Morgan fingerprint density at radius 2 is 1.23 bits per heavy atom. The van der Waals surface area contributed by atoms with Crippen LogP contribution in [0.1, 0.15) is 236 Å². The highest BCUT2D eigenvalue weighted by Gasteiger charge is 2.48. The summed E-state index contributed by atoms with van der Waals surface area (Å²) < 4.78 is 23.1. The summed E-state index contributed by atoms with van der Waals surface area (Å²) in [7, 11) is 5.42. The molecule has 128 heavy (non-hydrogen) atoms. The first-order valence-corrected chi connectivity index (χ1v) is 44.6. The number of unbranched alkanes of at least 4 members (excludes halogenated alkanes) is 4. The number of fused-ring (bicyclic) bond motifs is 1. The summed E-state index contributed by atoms with van der Waals surface area (Å²) in [5.74, 6) is -21.1. The molecule has 3 saturated heterocycles. The van der Waals surface area contributed by atoms with Gasteiger partial charge in [0, 0.05) is 59.3 Å². The summed E-state index contributed by atoms with van der Waals surface area (Å²) in [6.45, 7) is 19.3. The Labute approximate surface area is 749 Å². The molecule has 0 aromatic heterocycles. The number of nitrogens with two attached hydrogens (primary N) is 3. The Hall–Kier alpha value is -10.8. The van der Waals surface area contributed by atoms with Gasteiger partial charge in [0.1, 0.15) is 66.2 Å². The van der Waals surface area contributed by atoms with Gasteiger partial charge in [-0.3, -0.25) is 86.8 Å². The van der Waals surface area contributed by atoms with Gasteiger partial charge in [0.15, 0.2) is 18.0 Å². The molecule has 16 N–H and O–H groups in total. The number of ether oxygens (including phenoxy) is 4.